The third kappa shape index (κ3) is 4.41. The monoisotopic (exact) mass is 418 g/mol. The lowest BCUT2D eigenvalue weighted by Crippen LogP contribution is -2.14. The molecule has 0 spiro atoms. The van der Waals surface area contributed by atoms with Crippen molar-refractivity contribution in [1.82, 2.24) is 14.6 Å². The maximum atomic E-state index is 13.2. The van der Waals surface area contributed by atoms with Gasteiger partial charge in [0.15, 0.2) is 11.3 Å². The van der Waals surface area contributed by atoms with Gasteiger partial charge in [0, 0.05) is 11.8 Å². The van der Waals surface area contributed by atoms with Crippen LogP contribution in [-0.2, 0) is 0 Å². The fraction of sp³-hybridized carbons (Fsp3) is 0.235. The van der Waals surface area contributed by atoms with Gasteiger partial charge < -0.3 is 10.1 Å². The molecule has 0 aliphatic carbocycles. The SMILES string of the molecule is Cc1cc(OC(F)F)ccc1NC(=O)c1cc2nc(C(F)F)cc(C(F)F)n2n1. The van der Waals surface area contributed by atoms with Crippen molar-refractivity contribution in [2.24, 2.45) is 0 Å². The highest BCUT2D eigenvalue weighted by Gasteiger charge is 2.22. The molecule has 12 heteroatoms. The predicted molar refractivity (Wildman–Crippen MR) is 88.7 cm³/mol. The molecule has 0 aliphatic rings. The maximum Gasteiger partial charge on any atom is 0.387 e. The van der Waals surface area contributed by atoms with Gasteiger partial charge >= 0.3 is 6.61 Å². The van der Waals surface area contributed by atoms with Crippen LogP contribution in [0, 0.1) is 6.92 Å². The van der Waals surface area contributed by atoms with Crippen LogP contribution in [0.4, 0.5) is 32.0 Å². The molecule has 3 aromatic rings. The number of anilines is 1. The zero-order chi connectivity index (χ0) is 21.3. The van der Waals surface area contributed by atoms with Crippen LogP contribution in [-0.4, -0.2) is 27.1 Å². The van der Waals surface area contributed by atoms with Crippen molar-refractivity contribution in [2.45, 2.75) is 26.4 Å². The van der Waals surface area contributed by atoms with Gasteiger partial charge in [-0.15, -0.1) is 0 Å². The molecule has 154 valence electrons. The Kier molecular flexibility index (Phi) is 5.62. The Morgan fingerprint density at radius 3 is 2.38 bits per heavy atom. The average molecular weight is 418 g/mol. The van der Waals surface area contributed by atoms with E-state index in [4.69, 9.17) is 0 Å². The van der Waals surface area contributed by atoms with Crippen molar-refractivity contribution >= 4 is 17.2 Å². The molecular formula is C17H12F6N4O2. The highest BCUT2D eigenvalue weighted by molar-refractivity contribution is 6.03. The minimum absolute atomic E-state index is 0.117. The van der Waals surface area contributed by atoms with Gasteiger partial charge in [-0.2, -0.15) is 13.9 Å². The summed E-state index contributed by atoms with van der Waals surface area (Å²) < 4.78 is 81.4. The molecule has 0 saturated carbocycles. The van der Waals surface area contributed by atoms with Gasteiger partial charge in [0.1, 0.15) is 17.1 Å². The van der Waals surface area contributed by atoms with E-state index in [1.165, 1.54) is 25.1 Å². The summed E-state index contributed by atoms with van der Waals surface area (Å²) in [5.41, 5.74) is -1.80. The molecule has 29 heavy (non-hydrogen) atoms. The second-order valence-electron chi connectivity index (χ2n) is 5.82. The molecule has 0 radical (unpaired) electrons. The Morgan fingerprint density at radius 2 is 1.79 bits per heavy atom. The lowest BCUT2D eigenvalue weighted by molar-refractivity contribution is -0.0498. The van der Waals surface area contributed by atoms with Crippen LogP contribution in [0.5, 0.6) is 5.75 Å². The normalized spacial score (nSPS) is 11.7. The molecule has 0 fully saturated rings. The summed E-state index contributed by atoms with van der Waals surface area (Å²) >= 11 is 0. The maximum absolute atomic E-state index is 13.2. The molecule has 2 heterocycles. The fourth-order valence-electron chi connectivity index (χ4n) is 2.54. The Balaban J connectivity index is 1.91. The number of aromatic nitrogens is 3. The molecule has 3 rings (SSSR count). The van der Waals surface area contributed by atoms with Gasteiger partial charge in [-0.25, -0.2) is 27.1 Å². The first-order chi connectivity index (χ1) is 13.7. The quantitative estimate of drug-likeness (QED) is 0.586. The number of aryl methyl sites for hydroxylation is 1. The molecular weight excluding hydrogens is 406 g/mol. The zero-order valence-electron chi connectivity index (χ0n) is 14.5. The Bertz CT molecular complexity index is 1050. The van der Waals surface area contributed by atoms with E-state index in [2.05, 4.69) is 20.1 Å². The van der Waals surface area contributed by atoms with Crippen molar-refractivity contribution < 1.29 is 35.9 Å². The molecule has 0 bridgehead atoms. The van der Waals surface area contributed by atoms with Crippen LogP contribution in [0.25, 0.3) is 5.65 Å². The number of hydrogen-bond donors (Lipinski definition) is 1. The number of alkyl halides is 6. The molecule has 1 amide bonds. The summed E-state index contributed by atoms with van der Waals surface area (Å²) in [6.07, 6.45) is -6.21. The fourth-order valence-corrected chi connectivity index (χ4v) is 2.54. The van der Waals surface area contributed by atoms with E-state index in [0.29, 0.717) is 16.1 Å². The van der Waals surface area contributed by atoms with Crippen LogP contribution in [0.3, 0.4) is 0 Å². The van der Waals surface area contributed by atoms with E-state index >= 15 is 0 Å². The number of halogens is 6. The first kappa shape index (κ1) is 20.4. The third-order valence-corrected chi connectivity index (χ3v) is 3.83. The lowest BCUT2D eigenvalue weighted by Gasteiger charge is -2.10. The van der Waals surface area contributed by atoms with E-state index < -0.39 is 36.8 Å². The van der Waals surface area contributed by atoms with Crippen LogP contribution < -0.4 is 10.1 Å². The number of carbonyl (C=O) groups is 1. The minimum Gasteiger partial charge on any atom is -0.435 e. The highest BCUT2D eigenvalue weighted by atomic mass is 19.3. The second-order valence-corrected chi connectivity index (χ2v) is 5.82. The number of nitrogens with zero attached hydrogens (tertiary/aromatic N) is 3. The molecule has 2 aromatic heterocycles. The third-order valence-electron chi connectivity index (χ3n) is 3.83. The first-order valence-electron chi connectivity index (χ1n) is 7.99. The largest absolute Gasteiger partial charge is 0.435 e. The number of hydrogen-bond acceptors (Lipinski definition) is 4. The van der Waals surface area contributed by atoms with E-state index in [1.807, 2.05) is 0 Å². The number of carbonyl (C=O) groups excluding carboxylic acids is 1. The molecule has 0 saturated heterocycles. The predicted octanol–water partition coefficient (Wildman–Crippen LogP) is 4.77. The molecule has 0 atom stereocenters. The van der Waals surface area contributed by atoms with Gasteiger partial charge in [0.2, 0.25) is 0 Å². The van der Waals surface area contributed by atoms with Gasteiger partial charge in [0.25, 0.3) is 18.8 Å². The topological polar surface area (TPSA) is 68.5 Å². The number of ether oxygens (including phenoxy) is 1. The summed E-state index contributed by atoms with van der Waals surface area (Å²) in [6.45, 7) is -1.49. The highest BCUT2D eigenvalue weighted by Crippen LogP contribution is 2.26. The Morgan fingerprint density at radius 1 is 1.07 bits per heavy atom. The van der Waals surface area contributed by atoms with Crippen LogP contribution in [0.1, 0.15) is 40.3 Å². The van der Waals surface area contributed by atoms with E-state index in [-0.39, 0.29) is 22.8 Å². The Hall–Kier alpha value is -3.31. The summed E-state index contributed by atoms with van der Waals surface area (Å²) in [5, 5.41) is 6.14. The summed E-state index contributed by atoms with van der Waals surface area (Å²) in [4.78, 5) is 15.9. The van der Waals surface area contributed by atoms with Crippen molar-refractivity contribution in [2.75, 3.05) is 5.32 Å². The molecule has 1 N–H and O–H groups in total. The van der Waals surface area contributed by atoms with E-state index in [1.54, 1.807) is 0 Å². The summed E-state index contributed by atoms with van der Waals surface area (Å²) in [7, 11) is 0. The molecule has 0 aliphatic heterocycles. The average Bonchev–Trinajstić information content (AvgIpc) is 3.06. The molecule has 6 nitrogen and oxygen atoms in total. The smallest absolute Gasteiger partial charge is 0.387 e. The van der Waals surface area contributed by atoms with Crippen molar-refractivity contribution in [3.63, 3.8) is 0 Å². The zero-order valence-corrected chi connectivity index (χ0v) is 14.5. The lowest BCUT2D eigenvalue weighted by atomic mass is 10.2. The second kappa shape index (κ2) is 7.97. The van der Waals surface area contributed by atoms with Gasteiger partial charge in [-0.3, -0.25) is 4.79 Å². The number of benzene rings is 1. The Labute approximate surface area is 159 Å². The first-order valence-corrected chi connectivity index (χ1v) is 7.99. The standard InChI is InChI=1S/C17H12F6N4O2/c1-7-4-8(29-17(22)23)2-3-9(7)25-16(28)11-6-13-24-10(14(18)19)5-12(15(20)21)27(13)26-11/h2-6,14-15,17H,1H3,(H,25,28). The van der Waals surface area contributed by atoms with Gasteiger partial charge in [-0.1, -0.05) is 0 Å². The van der Waals surface area contributed by atoms with Crippen molar-refractivity contribution in [3.8, 4) is 5.75 Å². The van der Waals surface area contributed by atoms with Gasteiger partial charge in [0.05, 0.1) is 0 Å². The minimum atomic E-state index is -3.13. The number of fused-ring (bicyclic) bond motifs is 1. The van der Waals surface area contributed by atoms with Crippen LogP contribution in [0.2, 0.25) is 0 Å². The van der Waals surface area contributed by atoms with Crippen molar-refractivity contribution in [1.29, 1.82) is 0 Å². The molecule has 1 aromatic carbocycles. The van der Waals surface area contributed by atoms with E-state index in [0.717, 1.165) is 6.07 Å². The summed E-state index contributed by atoms with van der Waals surface area (Å²) in [5.74, 6) is -0.950. The number of nitrogens with one attached hydrogen (secondary N) is 1. The summed E-state index contributed by atoms with van der Waals surface area (Å²) in [6, 6.07) is 5.26. The van der Waals surface area contributed by atoms with Crippen molar-refractivity contribution in [3.05, 3.63) is 53.0 Å². The van der Waals surface area contributed by atoms with Crippen LogP contribution >= 0.6 is 0 Å². The number of rotatable bonds is 6. The molecule has 0 unspecified atom stereocenters. The number of amides is 1. The van der Waals surface area contributed by atoms with Gasteiger partial charge in [-0.05, 0) is 36.8 Å². The van der Waals surface area contributed by atoms with E-state index in [9.17, 15) is 31.1 Å². The van der Waals surface area contributed by atoms with Crippen LogP contribution in [0.15, 0.2) is 30.3 Å².